The lowest BCUT2D eigenvalue weighted by atomic mass is 10.1. The molecule has 0 saturated heterocycles. The van der Waals surface area contributed by atoms with E-state index in [4.69, 9.17) is 4.42 Å². The molecule has 28 heavy (non-hydrogen) atoms. The van der Waals surface area contributed by atoms with E-state index in [1.807, 2.05) is 45.0 Å². The largest absolute Gasteiger partial charge is 0.468 e. The molecule has 0 saturated carbocycles. The van der Waals surface area contributed by atoms with E-state index in [0.717, 1.165) is 11.3 Å². The van der Waals surface area contributed by atoms with E-state index in [2.05, 4.69) is 20.4 Å². The number of guanidine groups is 1. The lowest BCUT2D eigenvalue weighted by Crippen LogP contribution is -2.41. The van der Waals surface area contributed by atoms with Gasteiger partial charge < -0.3 is 19.8 Å². The molecule has 1 aromatic heterocycles. The lowest BCUT2D eigenvalue weighted by Gasteiger charge is -2.23. The van der Waals surface area contributed by atoms with Gasteiger partial charge in [0.25, 0.3) is 0 Å². The Morgan fingerprint density at radius 2 is 2.04 bits per heavy atom. The first kappa shape index (κ1) is 21.7. The van der Waals surface area contributed by atoms with Gasteiger partial charge in [0.05, 0.1) is 18.8 Å². The smallest absolute Gasteiger partial charge is 0.387 e. The van der Waals surface area contributed by atoms with Crippen molar-refractivity contribution in [2.24, 2.45) is 4.99 Å². The molecular weight excluding hydrogens is 366 g/mol. The van der Waals surface area contributed by atoms with Crippen molar-refractivity contribution in [2.75, 3.05) is 27.2 Å². The molecule has 2 rings (SSSR count). The first-order valence-corrected chi connectivity index (χ1v) is 9.17. The minimum Gasteiger partial charge on any atom is -0.468 e. The van der Waals surface area contributed by atoms with Gasteiger partial charge in [0, 0.05) is 18.7 Å². The van der Waals surface area contributed by atoms with Crippen LogP contribution in [0.3, 0.4) is 0 Å². The molecule has 0 aliphatic carbocycles. The standard InChI is InChI=1S/C20H28F2N4O2/c1-5-23-20(25-13-16(26(3)4)18-7-6-10-27-18)24-12-15-11-14(2)8-9-17(15)28-19(21)22/h6-11,16,19H,5,12-13H2,1-4H3,(H2,23,24,25). The van der Waals surface area contributed by atoms with Crippen molar-refractivity contribution < 1.29 is 17.9 Å². The number of furan rings is 1. The van der Waals surface area contributed by atoms with Gasteiger partial charge in [0.2, 0.25) is 0 Å². The highest BCUT2D eigenvalue weighted by molar-refractivity contribution is 5.79. The number of benzene rings is 1. The number of rotatable bonds is 9. The van der Waals surface area contributed by atoms with Crippen molar-refractivity contribution in [3.8, 4) is 5.75 Å². The van der Waals surface area contributed by atoms with Crippen LogP contribution < -0.4 is 15.4 Å². The first-order chi connectivity index (χ1) is 13.4. The maximum Gasteiger partial charge on any atom is 0.387 e. The van der Waals surface area contributed by atoms with Crippen LogP contribution in [-0.2, 0) is 6.54 Å². The van der Waals surface area contributed by atoms with E-state index >= 15 is 0 Å². The zero-order valence-electron chi connectivity index (χ0n) is 16.7. The molecule has 0 aliphatic heterocycles. The van der Waals surface area contributed by atoms with E-state index in [-0.39, 0.29) is 18.3 Å². The predicted molar refractivity (Wildman–Crippen MR) is 106 cm³/mol. The SMILES string of the molecule is CCNC(=NCc1cc(C)ccc1OC(F)F)NCC(c1ccco1)N(C)C. The highest BCUT2D eigenvalue weighted by Gasteiger charge is 2.17. The van der Waals surface area contributed by atoms with Gasteiger partial charge in [-0.05, 0) is 46.1 Å². The number of likely N-dealkylation sites (N-methyl/N-ethyl adjacent to an activating group) is 1. The number of halogens is 2. The van der Waals surface area contributed by atoms with Crippen molar-refractivity contribution in [1.29, 1.82) is 0 Å². The Labute approximate surface area is 164 Å². The Bertz CT molecular complexity index is 749. The zero-order chi connectivity index (χ0) is 20.5. The molecule has 2 aromatic rings. The molecule has 1 heterocycles. The fourth-order valence-corrected chi connectivity index (χ4v) is 2.76. The van der Waals surface area contributed by atoms with Gasteiger partial charge in [-0.3, -0.25) is 4.90 Å². The van der Waals surface area contributed by atoms with Crippen LogP contribution in [0.15, 0.2) is 46.0 Å². The van der Waals surface area contributed by atoms with Crippen molar-refractivity contribution >= 4 is 5.96 Å². The quantitative estimate of drug-likeness (QED) is 0.503. The summed E-state index contributed by atoms with van der Waals surface area (Å²) in [5.74, 6) is 1.58. The van der Waals surface area contributed by atoms with Gasteiger partial charge in [-0.1, -0.05) is 17.7 Å². The first-order valence-electron chi connectivity index (χ1n) is 9.17. The van der Waals surface area contributed by atoms with Crippen molar-refractivity contribution in [3.05, 3.63) is 53.5 Å². The molecule has 0 bridgehead atoms. The second-order valence-electron chi connectivity index (χ2n) is 6.56. The Hall–Kier alpha value is -2.61. The third kappa shape index (κ3) is 6.53. The van der Waals surface area contributed by atoms with Gasteiger partial charge in [0.1, 0.15) is 11.5 Å². The molecule has 1 atom stereocenters. The highest BCUT2D eigenvalue weighted by Crippen LogP contribution is 2.23. The summed E-state index contributed by atoms with van der Waals surface area (Å²) in [5.41, 5.74) is 1.56. The molecule has 0 radical (unpaired) electrons. The minimum absolute atomic E-state index is 0.0237. The molecule has 2 N–H and O–H groups in total. The summed E-state index contributed by atoms with van der Waals surface area (Å²) in [6.07, 6.45) is 1.65. The number of aliphatic imine (C=N–C) groups is 1. The molecule has 0 fully saturated rings. The summed E-state index contributed by atoms with van der Waals surface area (Å²) >= 11 is 0. The monoisotopic (exact) mass is 394 g/mol. The minimum atomic E-state index is -2.87. The molecule has 0 amide bonds. The van der Waals surface area contributed by atoms with Gasteiger partial charge in [0.15, 0.2) is 5.96 Å². The maximum absolute atomic E-state index is 12.6. The van der Waals surface area contributed by atoms with E-state index < -0.39 is 6.61 Å². The van der Waals surface area contributed by atoms with Crippen LogP contribution in [0.4, 0.5) is 8.78 Å². The third-order valence-electron chi connectivity index (χ3n) is 4.14. The summed E-state index contributed by atoms with van der Waals surface area (Å²) < 4.78 is 35.4. The third-order valence-corrected chi connectivity index (χ3v) is 4.14. The summed E-state index contributed by atoms with van der Waals surface area (Å²) in [6.45, 7) is 2.45. The van der Waals surface area contributed by atoms with Crippen molar-refractivity contribution in [1.82, 2.24) is 15.5 Å². The maximum atomic E-state index is 12.6. The zero-order valence-corrected chi connectivity index (χ0v) is 16.7. The van der Waals surface area contributed by atoms with E-state index in [9.17, 15) is 8.78 Å². The average molecular weight is 394 g/mol. The Morgan fingerprint density at radius 1 is 1.25 bits per heavy atom. The van der Waals surface area contributed by atoms with Crippen LogP contribution >= 0.6 is 0 Å². The Kier molecular flexibility index (Phi) is 8.25. The molecular formula is C20H28F2N4O2. The molecule has 0 aliphatic rings. The fraction of sp³-hybridized carbons (Fsp3) is 0.450. The average Bonchev–Trinajstić information content (AvgIpc) is 3.15. The summed E-state index contributed by atoms with van der Waals surface area (Å²) in [7, 11) is 3.94. The number of ether oxygens (including phenoxy) is 1. The number of nitrogens with zero attached hydrogens (tertiary/aromatic N) is 2. The van der Waals surface area contributed by atoms with Crippen LogP contribution in [0, 0.1) is 6.92 Å². The number of hydrogen-bond acceptors (Lipinski definition) is 4. The second-order valence-corrected chi connectivity index (χ2v) is 6.56. The highest BCUT2D eigenvalue weighted by atomic mass is 19.3. The molecule has 0 spiro atoms. The number of nitrogens with one attached hydrogen (secondary N) is 2. The number of aryl methyl sites for hydroxylation is 1. The summed E-state index contributed by atoms with van der Waals surface area (Å²) in [6, 6.07) is 8.89. The van der Waals surface area contributed by atoms with Crippen molar-refractivity contribution in [2.45, 2.75) is 33.0 Å². The van der Waals surface area contributed by atoms with Crippen LogP contribution in [-0.4, -0.2) is 44.7 Å². The topological polar surface area (TPSA) is 62.0 Å². The summed E-state index contributed by atoms with van der Waals surface area (Å²) in [5, 5.41) is 6.45. The number of hydrogen-bond donors (Lipinski definition) is 2. The number of alkyl halides is 2. The van der Waals surface area contributed by atoms with Gasteiger partial charge in [-0.2, -0.15) is 8.78 Å². The van der Waals surface area contributed by atoms with Crippen LogP contribution in [0.25, 0.3) is 0 Å². The van der Waals surface area contributed by atoms with Crippen LogP contribution in [0.2, 0.25) is 0 Å². The van der Waals surface area contributed by atoms with E-state index in [0.29, 0.717) is 24.6 Å². The summed E-state index contributed by atoms with van der Waals surface area (Å²) in [4.78, 5) is 6.57. The van der Waals surface area contributed by atoms with Gasteiger partial charge in [-0.15, -0.1) is 0 Å². The Morgan fingerprint density at radius 3 is 2.64 bits per heavy atom. The van der Waals surface area contributed by atoms with Crippen LogP contribution in [0.5, 0.6) is 5.75 Å². The van der Waals surface area contributed by atoms with Gasteiger partial charge in [-0.25, -0.2) is 4.99 Å². The van der Waals surface area contributed by atoms with Crippen LogP contribution in [0.1, 0.15) is 29.9 Å². The fourth-order valence-electron chi connectivity index (χ4n) is 2.76. The molecule has 154 valence electrons. The van der Waals surface area contributed by atoms with Crippen molar-refractivity contribution in [3.63, 3.8) is 0 Å². The normalized spacial score (nSPS) is 13.1. The van der Waals surface area contributed by atoms with E-state index in [1.165, 1.54) is 0 Å². The lowest BCUT2D eigenvalue weighted by molar-refractivity contribution is -0.0504. The molecule has 1 aromatic carbocycles. The van der Waals surface area contributed by atoms with Gasteiger partial charge >= 0.3 is 6.61 Å². The van der Waals surface area contributed by atoms with E-state index in [1.54, 1.807) is 24.5 Å². The Balaban J connectivity index is 2.11. The molecule has 1 unspecified atom stereocenters. The second kappa shape index (κ2) is 10.7. The predicted octanol–water partition coefficient (Wildman–Crippen LogP) is 3.55. The molecule has 6 nitrogen and oxygen atoms in total. The molecule has 8 heteroatoms.